The van der Waals surface area contributed by atoms with Crippen LogP contribution in [0.5, 0.6) is 0 Å². The zero-order chi connectivity index (χ0) is 22.2. The van der Waals surface area contributed by atoms with Crippen LogP contribution in [0.3, 0.4) is 0 Å². The summed E-state index contributed by atoms with van der Waals surface area (Å²) in [5, 5.41) is 2.59. The molecular formula is C25H25N5O2. The number of rotatable bonds is 4. The van der Waals surface area contributed by atoms with Crippen LogP contribution in [0.2, 0.25) is 0 Å². The second kappa shape index (κ2) is 8.09. The number of pyridine rings is 1. The number of aromatic amines is 1. The number of hydrogen-bond acceptors (Lipinski definition) is 4. The van der Waals surface area contributed by atoms with Gasteiger partial charge < -0.3 is 14.7 Å². The minimum absolute atomic E-state index is 0.0567. The number of aryl methyl sites for hydroxylation is 1. The van der Waals surface area contributed by atoms with Gasteiger partial charge in [0.05, 0.1) is 11.0 Å². The van der Waals surface area contributed by atoms with Crippen molar-refractivity contribution in [2.24, 2.45) is 0 Å². The molecule has 1 aromatic carbocycles. The second-order valence-corrected chi connectivity index (χ2v) is 8.25. The van der Waals surface area contributed by atoms with Crippen molar-refractivity contribution in [3.05, 3.63) is 87.6 Å². The normalized spacial score (nSPS) is 14.6. The summed E-state index contributed by atoms with van der Waals surface area (Å²) in [5.41, 5.74) is 7.40. The molecule has 0 unspecified atom stereocenters. The Labute approximate surface area is 185 Å². The molecule has 0 radical (unpaired) electrons. The maximum absolute atomic E-state index is 12.5. The van der Waals surface area contributed by atoms with E-state index < -0.39 is 0 Å². The van der Waals surface area contributed by atoms with Crippen LogP contribution < -0.4 is 10.9 Å². The van der Waals surface area contributed by atoms with Crippen LogP contribution in [0.15, 0.2) is 59.7 Å². The number of amides is 1. The Morgan fingerprint density at radius 3 is 2.81 bits per heavy atom. The van der Waals surface area contributed by atoms with E-state index in [1.807, 2.05) is 29.7 Å². The highest BCUT2D eigenvalue weighted by atomic mass is 16.1. The second-order valence-electron chi connectivity index (χ2n) is 8.25. The van der Waals surface area contributed by atoms with Gasteiger partial charge in [-0.1, -0.05) is 18.2 Å². The highest BCUT2D eigenvalue weighted by Gasteiger charge is 2.15. The Hall–Kier alpha value is -3.71. The summed E-state index contributed by atoms with van der Waals surface area (Å²) in [6.07, 6.45) is 6.88. The molecule has 32 heavy (non-hydrogen) atoms. The zero-order valence-corrected chi connectivity index (χ0v) is 18.2. The summed E-state index contributed by atoms with van der Waals surface area (Å²) in [6, 6.07) is 12.0. The van der Waals surface area contributed by atoms with Crippen LogP contribution in [0.25, 0.3) is 22.1 Å². The number of aromatic nitrogens is 3. The van der Waals surface area contributed by atoms with Crippen LogP contribution in [-0.2, 0) is 6.54 Å². The van der Waals surface area contributed by atoms with Gasteiger partial charge in [-0.25, -0.2) is 0 Å². The van der Waals surface area contributed by atoms with Crippen molar-refractivity contribution in [3.8, 4) is 0 Å². The Morgan fingerprint density at radius 2 is 2.09 bits per heavy atom. The highest BCUT2D eigenvalue weighted by Crippen LogP contribution is 2.24. The van der Waals surface area contributed by atoms with Crippen LogP contribution in [-0.4, -0.2) is 45.3 Å². The lowest BCUT2D eigenvalue weighted by Crippen LogP contribution is -2.28. The lowest BCUT2D eigenvalue weighted by atomic mass is 10.0. The van der Waals surface area contributed by atoms with Gasteiger partial charge in [-0.15, -0.1) is 0 Å². The summed E-state index contributed by atoms with van der Waals surface area (Å²) >= 11 is 0. The van der Waals surface area contributed by atoms with Crippen molar-refractivity contribution in [2.45, 2.75) is 19.9 Å². The van der Waals surface area contributed by atoms with E-state index in [2.05, 4.69) is 44.5 Å². The third kappa shape index (κ3) is 3.61. The average Bonchev–Trinajstić information content (AvgIpc) is 3.21. The first-order chi connectivity index (χ1) is 15.5. The van der Waals surface area contributed by atoms with Gasteiger partial charge >= 0.3 is 0 Å². The Balaban J connectivity index is 1.32. The summed E-state index contributed by atoms with van der Waals surface area (Å²) < 4.78 is 1.96. The van der Waals surface area contributed by atoms with Crippen LogP contribution in [0.1, 0.15) is 33.6 Å². The van der Waals surface area contributed by atoms with E-state index >= 15 is 0 Å². The molecule has 7 nitrogen and oxygen atoms in total. The molecule has 5 rings (SSSR count). The molecule has 0 aliphatic carbocycles. The lowest BCUT2D eigenvalue weighted by molar-refractivity contribution is 0.0958. The summed E-state index contributed by atoms with van der Waals surface area (Å²) in [7, 11) is 1.60. The van der Waals surface area contributed by atoms with Crippen LogP contribution >= 0.6 is 0 Å². The largest absolute Gasteiger partial charge is 0.354 e. The lowest BCUT2D eigenvalue weighted by Gasteiger charge is -2.26. The first-order valence-corrected chi connectivity index (χ1v) is 10.8. The molecule has 0 atom stereocenters. The van der Waals surface area contributed by atoms with Crippen molar-refractivity contribution in [1.82, 2.24) is 24.6 Å². The van der Waals surface area contributed by atoms with E-state index in [0.717, 1.165) is 48.2 Å². The first kappa shape index (κ1) is 20.2. The van der Waals surface area contributed by atoms with Crippen molar-refractivity contribution >= 4 is 28.0 Å². The third-order valence-corrected chi connectivity index (χ3v) is 6.17. The molecule has 0 fully saturated rings. The average molecular weight is 428 g/mol. The van der Waals surface area contributed by atoms with E-state index in [-0.39, 0.29) is 11.5 Å². The fraction of sp³-hybridized carbons (Fsp3) is 0.240. The Kier molecular flexibility index (Phi) is 5.11. The van der Waals surface area contributed by atoms with E-state index in [1.54, 1.807) is 19.3 Å². The van der Waals surface area contributed by atoms with Gasteiger partial charge in [0.1, 0.15) is 11.2 Å². The molecule has 0 bridgehead atoms. The minimum Gasteiger partial charge on any atom is -0.354 e. The highest BCUT2D eigenvalue weighted by molar-refractivity contribution is 5.92. The smallest absolute Gasteiger partial charge is 0.272 e. The first-order valence-electron chi connectivity index (χ1n) is 10.8. The predicted molar refractivity (Wildman–Crippen MR) is 126 cm³/mol. The Bertz CT molecular complexity index is 1410. The minimum atomic E-state index is -0.176. The molecule has 7 heteroatoms. The molecule has 4 aromatic rings. The van der Waals surface area contributed by atoms with Gasteiger partial charge in [0.15, 0.2) is 0 Å². The van der Waals surface area contributed by atoms with Crippen molar-refractivity contribution in [2.75, 3.05) is 20.1 Å². The summed E-state index contributed by atoms with van der Waals surface area (Å²) in [4.78, 5) is 33.9. The quantitative estimate of drug-likeness (QED) is 0.524. The molecule has 162 valence electrons. The number of fused-ring (bicyclic) bond motifs is 3. The van der Waals surface area contributed by atoms with Crippen molar-refractivity contribution in [3.63, 3.8) is 0 Å². The number of nitrogens with zero attached hydrogens (tertiary/aromatic N) is 3. The molecule has 3 aromatic heterocycles. The van der Waals surface area contributed by atoms with Gasteiger partial charge in [-0.05, 0) is 59.9 Å². The molecule has 1 aliphatic heterocycles. The van der Waals surface area contributed by atoms with Gasteiger partial charge in [0.2, 0.25) is 0 Å². The zero-order valence-electron chi connectivity index (χ0n) is 18.2. The van der Waals surface area contributed by atoms with Crippen LogP contribution in [0.4, 0.5) is 0 Å². The standard InChI is InChI=1S/C25H25N5O2/c1-16-7-12-30-22-6-3-17(13-21(22)28-25(32)23(16)30)15-29-10-8-18(9-11-29)19-4-5-20(27-14-19)24(31)26-2/h3-8,12-14H,9-11,15H2,1-2H3,(H,26,31)(H,28,32). The van der Waals surface area contributed by atoms with E-state index in [9.17, 15) is 9.59 Å². The third-order valence-electron chi connectivity index (χ3n) is 6.17. The molecule has 0 saturated carbocycles. The number of H-pyrrole nitrogens is 1. The molecule has 1 amide bonds. The number of carbonyl (C=O) groups is 1. The molecule has 0 saturated heterocycles. The molecule has 4 heterocycles. The number of benzene rings is 1. The molecular weight excluding hydrogens is 402 g/mol. The number of carbonyl (C=O) groups excluding carboxylic acids is 1. The van der Waals surface area contributed by atoms with Crippen molar-refractivity contribution < 1.29 is 4.79 Å². The summed E-state index contributed by atoms with van der Waals surface area (Å²) in [5.74, 6) is -0.176. The van der Waals surface area contributed by atoms with E-state index in [0.29, 0.717) is 11.2 Å². The van der Waals surface area contributed by atoms with Gasteiger partial charge in [0.25, 0.3) is 11.5 Å². The van der Waals surface area contributed by atoms with E-state index in [4.69, 9.17) is 0 Å². The molecule has 1 aliphatic rings. The Morgan fingerprint density at radius 1 is 1.22 bits per heavy atom. The molecule has 2 N–H and O–H groups in total. The maximum Gasteiger partial charge on any atom is 0.272 e. The van der Waals surface area contributed by atoms with Gasteiger partial charge in [-0.2, -0.15) is 0 Å². The van der Waals surface area contributed by atoms with Gasteiger partial charge in [-0.3, -0.25) is 19.5 Å². The SMILES string of the molecule is CNC(=O)c1ccc(C2=CCN(Cc3ccc4c(c3)[nH]c(=O)c3c(C)ccn34)CC2)cn1. The van der Waals surface area contributed by atoms with Crippen molar-refractivity contribution in [1.29, 1.82) is 0 Å². The van der Waals surface area contributed by atoms with Gasteiger partial charge in [0, 0.05) is 39.1 Å². The monoisotopic (exact) mass is 427 g/mol. The number of hydrogen-bond donors (Lipinski definition) is 2. The topological polar surface area (TPSA) is 82.5 Å². The summed E-state index contributed by atoms with van der Waals surface area (Å²) in [6.45, 7) is 4.55. The van der Waals surface area contributed by atoms with Crippen LogP contribution in [0, 0.1) is 6.92 Å². The number of nitrogens with one attached hydrogen (secondary N) is 2. The maximum atomic E-state index is 12.5. The van der Waals surface area contributed by atoms with E-state index in [1.165, 1.54) is 11.1 Å². The fourth-order valence-electron chi connectivity index (χ4n) is 4.41. The predicted octanol–water partition coefficient (Wildman–Crippen LogP) is 3.13. The fourth-order valence-corrected chi connectivity index (χ4v) is 4.41. The molecule has 0 spiro atoms.